The van der Waals surface area contributed by atoms with E-state index < -0.39 is 5.97 Å². The highest BCUT2D eigenvalue weighted by atomic mass is 35.5. The molecule has 17 heavy (non-hydrogen) atoms. The number of amides is 1. The molecule has 1 fully saturated rings. The lowest BCUT2D eigenvalue weighted by Crippen LogP contribution is -2.37. The molecule has 2 N–H and O–H groups in total. The van der Waals surface area contributed by atoms with Crippen molar-refractivity contribution in [2.75, 3.05) is 0 Å². The predicted octanol–water partition coefficient (Wildman–Crippen LogP) is 2.38. The third-order valence-electron chi connectivity index (χ3n) is 2.73. The van der Waals surface area contributed by atoms with Crippen molar-refractivity contribution in [3.05, 3.63) is 21.3 Å². The van der Waals surface area contributed by atoms with Crippen LogP contribution < -0.4 is 5.32 Å². The summed E-state index contributed by atoms with van der Waals surface area (Å²) in [7, 11) is 0. The van der Waals surface area contributed by atoms with Gasteiger partial charge in [-0.25, -0.2) is 0 Å². The topological polar surface area (TPSA) is 66.4 Å². The van der Waals surface area contributed by atoms with Gasteiger partial charge in [-0.1, -0.05) is 11.6 Å². The highest BCUT2D eigenvalue weighted by Gasteiger charge is 2.34. The fourth-order valence-electron chi connectivity index (χ4n) is 1.71. The first kappa shape index (κ1) is 12.4. The van der Waals surface area contributed by atoms with Gasteiger partial charge in [-0.05, 0) is 30.2 Å². The number of aliphatic carboxylic acids is 1. The Morgan fingerprint density at radius 1 is 1.59 bits per heavy atom. The van der Waals surface area contributed by atoms with Gasteiger partial charge in [0.25, 0.3) is 5.91 Å². The maximum atomic E-state index is 11.9. The van der Waals surface area contributed by atoms with Crippen molar-refractivity contribution in [1.82, 2.24) is 5.32 Å². The van der Waals surface area contributed by atoms with Crippen LogP contribution in [0.3, 0.4) is 0 Å². The summed E-state index contributed by atoms with van der Waals surface area (Å²) >= 11 is 7.11. The molecule has 1 aliphatic carbocycles. The van der Waals surface area contributed by atoms with E-state index in [1.807, 2.05) is 0 Å². The molecule has 4 nitrogen and oxygen atoms in total. The maximum Gasteiger partial charge on any atom is 0.305 e. The Morgan fingerprint density at radius 3 is 2.76 bits per heavy atom. The molecule has 1 heterocycles. The SMILES string of the molecule is O=C(O)CC(NC(=O)c1sccc1Cl)C1CC1. The van der Waals surface area contributed by atoms with Gasteiger partial charge in [-0.3, -0.25) is 9.59 Å². The molecule has 1 aliphatic rings. The number of carboxylic acids is 1. The summed E-state index contributed by atoms with van der Waals surface area (Å²) in [6.07, 6.45) is 1.94. The summed E-state index contributed by atoms with van der Waals surface area (Å²) < 4.78 is 0. The lowest BCUT2D eigenvalue weighted by molar-refractivity contribution is -0.137. The first-order valence-electron chi connectivity index (χ1n) is 5.33. The minimum atomic E-state index is -0.889. The van der Waals surface area contributed by atoms with E-state index in [1.165, 1.54) is 11.3 Å². The number of thiophene rings is 1. The second-order valence-corrected chi connectivity index (χ2v) is 5.44. The van der Waals surface area contributed by atoms with E-state index in [0.717, 1.165) is 12.8 Å². The van der Waals surface area contributed by atoms with E-state index in [1.54, 1.807) is 11.4 Å². The Kier molecular flexibility index (Phi) is 3.69. The van der Waals surface area contributed by atoms with Crippen LogP contribution in [0.4, 0.5) is 0 Å². The van der Waals surface area contributed by atoms with Crippen LogP contribution >= 0.6 is 22.9 Å². The van der Waals surface area contributed by atoms with Crippen molar-refractivity contribution in [2.24, 2.45) is 5.92 Å². The molecule has 1 aromatic rings. The molecule has 1 unspecified atom stereocenters. The molecular weight excluding hydrogens is 262 g/mol. The van der Waals surface area contributed by atoms with Gasteiger partial charge in [0.05, 0.1) is 11.4 Å². The average molecular weight is 274 g/mol. The van der Waals surface area contributed by atoms with Gasteiger partial charge in [0.1, 0.15) is 4.88 Å². The van der Waals surface area contributed by atoms with Crippen molar-refractivity contribution < 1.29 is 14.7 Å². The van der Waals surface area contributed by atoms with Crippen molar-refractivity contribution in [1.29, 1.82) is 0 Å². The Balaban J connectivity index is 2.00. The highest BCUT2D eigenvalue weighted by molar-refractivity contribution is 7.12. The smallest absolute Gasteiger partial charge is 0.305 e. The quantitative estimate of drug-likeness (QED) is 0.866. The van der Waals surface area contributed by atoms with Gasteiger partial charge in [-0.2, -0.15) is 0 Å². The Hall–Kier alpha value is -1.07. The van der Waals surface area contributed by atoms with Crippen LogP contribution in [0.5, 0.6) is 0 Å². The zero-order chi connectivity index (χ0) is 12.4. The molecule has 92 valence electrons. The zero-order valence-electron chi connectivity index (χ0n) is 8.98. The third kappa shape index (κ3) is 3.20. The number of nitrogens with one attached hydrogen (secondary N) is 1. The molecule has 2 rings (SSSR count). The minimum Gasteiger partial charge on any atom is -0.481 e. The highest BCUT2D eigenvalue weighted by Crippen LogP contribution is 2.34. The van der Waals surface area contributed by atoms with Crippen LogP contribution in [0.15, 0.2) is 11.4 Å². The number of hydrogen-bond acceptors (Lipinski definition) is 3. The van der Waals surface area contributed by atoms with Gasteiger partial charge in [-0.15, -0.1) is 11.3 Å². The lowest BCUT2D eigenvalue weighted by Gasteiger charge is -2.15. The Labute approximate surface area is 108 Å². The first-order valence-corrected chi connectivity index (χ1v) is 6.59. The largest absolute Gasteiger partial charge is 0.481 e. The van der Waals surface area contributed by atoms with Crippen LogP contribution in [0.2, 0.25) is 5.02 Å². The first-order chi connectivity index (χ1) is 8.08. The molecule has 0 aliphatic heterocycles. The standard InChI is InChI=1S/C11H12ClNO3S/c12-7-3-4-17-10(7)11(16)13-8(5-9(14)15)6-1-2-6/h3-4,6,8H,1-2,5H2,(H,13,16)(H,14,15). The van der Waals surface area contributed by atoms with Crippen LogP contribution in [0.25, 0.3) is 0 Å². The molecule has 0 spiro atoms. The van der Waals surface area contributed by atoms with Crippen molar-refractivity contribution in [3.63, 3.8) is 0 Å². The summed E-state index contributed by atoms with van der Waals surface area (Å²) in [6, 6.07) is 1.38. The molecule has 1 saturated carbocycles. The second-order valence-electron chi connectivity index (χ2n) is 4.11. The van der Waals surface area contributed by atoms with Crippen LogP contribution in [0, 0.1) is 5.92 Å². The predicted molar refractivity (Wildman–Crippen MR) is 65.6 cm³/mol. The zero-order valence-corrected chi connectivity index (χ0v) is 10.6. The van der Waals surface area contributed by atoms with Gasteiger partial charge >= 0.3 is 5.97 Å². The van der Waals surface area contributed by atoms with E-state index in [4.69, 9.17) is 16.7 Å². The number of carbonyl (C=O) groups excluding carboxylic acids is 1. The number of halogens is 1. The molecule has 0 radical (unpaired) electrons. The molecule has 1 aromatic heterocycles. The summed E-state index contributed by atoms with van der Waals surface area (Å²) in [5.41, 5.74) is 0. The lowest BCUT2D eigenvalue weighted by atomic mass is 10.1. The van der Waals surface area contributed by atoms with Crippen molar-refractivity contribution in [3.8, 4) is 0 Å². The van der Waals surface area contributed by atoms with Crippen LogP contribution in [-0.4, -0.2) is 23.0 Å². The van der Waals surface area contributed by atoms with Gasteiger partial charge in [0, 0.05) is 6.04 Å². The molecule has 1 amide bonds. The van der Waals surface area contributed by atoms with E-state index in [9.17, 15) is 9.59 Å². The Morgan fingerprint density at radius 2 is 2.29 bits per heavy atom. The van der Waals surface area contributed by atoms with Gasteiger partial charge < -0.3 is 10.4 Å². The monoisotopic (exact) mass is 273 g/mol. The number of rotatable bonds is 5. The third-order valence-corrected chi connectivity index (χ3v) is 4.07. The molecule has 0 saturated heterocycles. The van der Waals surface area contributed by atoms with Gasteiger partial charge in [0.15, 0.2) is 0 Å². The molecule has 6 heteroatoms. The maximum absolute atomic E-state index is 11.9. The summed E-state index contributed by atoms with van der Waals surface area (Å²) in [4.78, 5) is 23.0. The molecule has 0 bridgehead atoms. The van der Waals surface area contributed by atoms with E-state index in [-0.39, 0.29) is 18.4 Å². The molecule has 1 atom stereocenters. The average Bonchev–Trinajstić information content (AvgIpc) is 3.00. The minimum absolute atomic E-state index is 0.0284. The summed E-state index contributed by atoms with van der Waals surface area (Å²) in [5, 5.41) is 13.7. The van der Waals surface area contributed by atoms with E-state index >= 15 is 0 Å². The van der Waals surface area contributed by atoms with E-state index in [0.29, 0.717) is 15.8 Å². The van der Waals surface area contributed by atoms with Crippen LogP contribution in [-0.2, 0) is 4.79 Å². The normalized spacial score (nSPS) is 16.5. The summed E-state index contributed by atoms with van der Waals surface area (Å²) in [6.45, 7) is 0. The molecule has 0 aromatic carbocycles. The van der Waals surface area contributed by atoms with Crippen LogP contribution in [0.1, 0.15) is 28.9 Å². The summed E-state index contributed by atoms with van der Waals surface area (Å²) in [5.74, 6) is -0.864. The number of hydrogen-bond donors (Lipinski definition) is 2. The van der Waals surface area contributed by atoms with Crippen molar-refractivity contribution in [2.45, 2.75) is 25.3 Å². The number of carbonyl (C=O) groups is 2. The van der Waals surface area contributed by atoms with Crippen molar-refractivity contribution >= 4 is 34.8 Å². The number of carboxylic acid groups (broad SMARTS) is 1. The molecular formula is C11H12ClNO3S. The fraction of sp³-hybridized carbons (Fsp3) is 0.455. The fourth-order valence-corrected chi connectivity index (χ4v) is 2.76. The van der Waals surface area contributed by atoms with Gasteiger partial charge in [0.2, 0.25) is 0 Å². The Bertz CT molecular complexity index is 442. The second kappa shape index (κ2) is 5.06. The van der Waals surface area contributed by atoms with E-state index in [2.05, 4.69) is 5.32 Å².